The molecule has 1 aromatic rings. The number of rotatable bonds is 15. The van der Waals surface area contributed by atoms with Crippen LogP contribution in [-0.4, -0.2) is 63.1 Å². The van der Waals surface area contributed by atoms with E-state index in [2.05, 4.69) is 37.5 Å². The Morgan fingerprint density at radius 2 is 1.74 bits per heavy atom. The number of pyridine rings is 1. The average Bonchev–Trinajstić information content (AvgIpc) is 3.26. The van der Waals surface area contributed by atoms with Gasteiger partial charge in [-0.25, -0.2) is 9.78 Å². The van der Waals surface area contributed by atoms with Crippen LogP contribution < -0.4 is 0 Å². The van der Waals surface area contributed by atoms with Crippen molar-refractivity contribution in [1.82, 2.24) is 4.98 Å². The molecule has 1 aromatic heterocycles. The van der Waals surface area contributed by atoms with Gasteiger partial charge in [0, 0.05) is 25.8 Å². The summed E-state index contributed by atoms with van der Waals surface area (Å²) >= 11 is 2.13. The Bertz CT molecular complexity index is 727. The number of aliphatic hydroxyl groups excluding tert-OH is 1. The van der Waals surface area contributed by atoms with Gasteiger partial charge < -0.3 is 20.1 Å². The van der Waals surface area contributed by atoms with Crippen LogP contribution >= 0.6 is 11.8 Å². The predicted molar refractivity (Wildman–Crippen MR) is 164 cm³/mol. The zero-order valence-corrected chi connectivity index (χ0v) is 26.5. The molecule has 0 saturated heterocycles. The molecule has 39 heavy (non-hydrogen) atoms. The summed E-state index contributed by atoms with van der Waals surface area (Å²) in [4.78, 5) is 24.3. The number of aromatic carboxylic acids is 1. The smallest absolute Gasteiger partial charge is 0.354 e. The molecular formula is C31H57NO6S. The van der Waals surface area contributed by atoms with E-state index in [1.807, 2.05) is 26.8 Å². The van der Waals surface area contributed by atoms with Crippen molar-refractivity contribution in [1.29, 1.82) is 0 Å². The van der Waals surface area contributed by atoms with E-state index in [-0.39, 0.29) is 5.69 Å². The van der Waals surface area contributed by atoms with Gasteiger partial charge in [-0.2, -0.15) is 11.8 Å². The molecule has 0 aliphatic heterocycles. The summed E-state index contributed by atoms with van der Waals surface area (Å²) in [6.45, 7) is 14.9. The first-order chi connectivity index (χ1) is 18.6. The number of aliphatic hydroxyl groups is 1. The Morgan fingerprint density at radius 1 is 1.10 bits per heavy atom. The molecule has 1 heterocycles. The maximum absolute atomic E-state index is 11.1. The molecule has 0 radical (unpaired) electrons. The minimum absolute atomic E-state index is 0.125. The van der Waals surface area contributed by atoms with Crippen LogP contribution in [0.3, 0.4) is 0 Å². The Morgan fingerprint density at radius 3 is 2.31 bits per heavy atom. The third-order valence-electron chi connectivity index (χ3n) is 6.15. The topological polar surface area (TPSA) is 117 Å². The van der Waals surface area contributed by atoms with Gasteiger partial charge in [0.1, 0.15) is 5.69 Å². The van der Waals surface area contributed by atoms with Gasteiger partial charge in [-0.15, -0.1) is 0 Å². The van der Waals surface area contributed by atoms with Gasteiger partial charge in [0.05, 0.1) is 6.10 Å². The second-order valence-electron chi connectivity index (χ2n) is 10.0. The molecule has 8 heteroatoms. The molecule has 1 aliphatic carbocycles. The zero-order chi connectivity index (χ0) is 30.1. The van der Waals surface area contributed by atoms with E-state index in [4.69, 9.17) is 24.9 Å². The van der Waals surface area contributed by atoms with Gasteiger partial charge in [0.2, 0.25) is 0 Å². The van der Waals surface area contributed by atoms with Crippen molar-refractivity contribution in [2.45, 2.75) is 112 Å². The van der Waals surface area contributed by atoms with Crippen LogP contribution in [0.5, 0.6) is 0 Å². The van der Waals surface area contributed by atoms with Gasteiger partial charge in [-0.1, -0.05) is 66.9 Å². The molecule has 4 atom stereocenters. The van der Waals surface area contributed by atoms with E-state index in [9.17, 15) is 4.79 Å². The highest BCUT2D eigenvalue weighted by atomic mass is 32.2. The first-order valence-corrected chi connectivity index (χ1v) is 16.0. The van der Waals surface area contributed by atoms with Crippen molar-refractivity contribution >= 4 is 23.7 Å². The summed E-state index contributed by atoms with van der Waals surface area (Å²) in [5, 5.41) is 24.4. The van der Waals surface area contributed by atoms with Gasteiger partial charge in [0.25, 0.3) is 5.97 Å². The van der Waals surface area contributed by atoms with Crippen molar-refractivity contribution in [2.75, 3.05) is 24.7 Å². The minimum atomic E-state index is -0.966. The van der Waals surface area contributed by atoms with Gasteiger partial charge in [-0.3, -0.25) is 4.79 Å². The SMILES string of the molecule is CC.CC(=O)O.CCCCCCSCC1CC(C)C(OCCC(C)Cc2cccc(C(=O)O)n2)C1.CCCO. The maximum atomic E-state index is 11.1. The first-order valence-electron chi connectivity index (χ1n) is 14.8. The highest BCUT2D eigenvalue weighted by Gasteiger charge is 2.31. The van der Waals surface area contributed by atoms with Crippen molar-refractivity contribution in [3.63, 3.8) is 0 Å². The lowest BCUT2D eigenvalue weighted by Crippen LogP contribution is -2.18. The lowest BCUT2D eigenvalue weighted by molar-refractivity contribution is -0.134. The van der Waals surface area contributed by atoms with Crippen LogP contribution in [0.4, 0.5) is 0 Å². The molecule has 1 fully saturated rings. The fourth-order valence-corrected chi connectivity index (χ4v) is 5.36. The normalized spacial score (nSPS) is 18.4. The predicted octanol–water partition coefficient (Wildman–Crippen LogP) is 7.60. The molecule has 0 amide bonds. The van der Waals surface area contributed by atoms with Crippen LogP contribution in [0.2, 0.25) is 0 Å². The summed E-state index contributed by atoms with van der Waals surface area (Å²) < 4.78 is 6.25. The monoisotopic (exact) mass is 571 g/mol. The number of aliphatic carboxylic acids is 1. The van der Waals surface area contributed by atoms with Gasteiger partial charge in [-0.05, 0) is 79.9 Å². The summed E-state index contributed by atoms with van der Waals surface area (Å²) in [5.41, 5.74) is 0.975. The Labute approximate surface area is 242 Å². The van der Waals surface area contributed by atoms with Crippen LogP contribution in [0, 0.1) is 17.8 Å². The fourth-order valence-electron chi connectivity index (χ4n) is 4.18. The summed E-state index contributed by atoms with van der Waals surface area (Å²) in [6, 6.07) is 5.23. The van der Waals surface area contributed by atoms with Gasteiger partial charge in [0.15, 0.2) is 0 Å². The molecule has 7 nitrogen and oxygen atoms in total. The largest absolute Gasteiger partial charge is 0.481 e. The number of carboxylic acids is 2. The van der Waals surface area contributed by atoms with Gasteiger partial charge >= 0.3 is 5.97 Å². The number of hydrogen-bond donors (Lipinski definition) is 3. The number of nitrogens with zero attached hydrogens (tertiary/aromatic N) is 1. The van der Waals surface area contributed by atoms with Crippen molar-refractivity contribution < 1.29 is 29.6 Å². The number of aromatic nitrogens is 1. The lowest BCUT2D eigenvalue weighted by Gasteiger charge is -2.18. The van der Waals surface area contributed by atoms with Crippen LogP contribution in [0.15, 0.2) is 18.2 Å². The van der Waals surface area contributed by atoms with E-state index in [0.717, 1.165) is 44.4 Å². The molecular weight excluding hydrogens is 514 g/mol. The van der Waals surface area contributed by atoms with E-state index in [1.165, 1.54) is 50.0 Å². The number of thioether (sulfide) groups is 1. The Hall–Kier alpha value is -1.64. The van der Waals surface area contributed by atoms with E-state index in [0.29, 0.717) is 24.5 Å². The number of carboxylic acid groups (broad SMARTS) is 2. The maximum Gasteiger partial charge on any atom is 0.354 e. The molecule has 228 valence electrons. The summed E-state index contributed by atoms with van der Waals surface area (Å²) in [7, 11) is 0. The van der Waals surface area contributed by atoms with Crippen molar-refractivity contribution in [3.8, 4) is 0 Å². The zero-order valence-electron chi connectivity index (χ0n) is 25.7. The molecule has 3 N–H and O–H groups in total. The average molecular weight is 572 g/mol. The quantitative estimate of drug-likeness (QED) is 0.184. The molecule has 4 unspecified atom stereocenters. The van der Waals surface area contributed by atoms with E-state index < -0.39 is 11.9 Å². The highest BCUT2D eigenvalue weighted by Crippen LogP contribution is 2.35. The van der Waals surface area contributed by atoms with Crippen LogP contribution in [-0.2, 0) is 16.0 Å². The summed E-state index contributed by atoms with van der Waals surface area (Å²) in [6.07, 6.45) is 11.0. The van der Waals surface area contributed by atoms with E-state index >= 15 is 0 Å². The molecule has 1 aliphatic rings. The molecule has 0 spiro atoms. The van der Waals surface area contributed by atoms with Crippen molar-refractivity contribution in [2.24, 2.45) is 17.8 Å². The highest BCUT2D eigenvalue weighted by molar-refractivity contribution is 7.99. The van der Waals surface area contributed by atoms with E-state index in [1.54, 1.807) is 12.1 Å². The number of carbonyl (C=O) groups is 2. The minimum Gasteiger partial charge on any atom is -0.481 e. The third kappa shape index (κ3) is 22.8. The third-order valence-corrected chi connectivity index (χ3v) is 7.44. The van der Waals surface area contributed by atoms with Crippen LogP contribution in [0.1, 0.15) is 116 Å². The Balaban J connectivity index is 0. The molecule has 0 aromatic carbocycles. The standard InChI is InChI=1S/C24H39NO3S.C3H8O.C2H4O2.C2H6/c1-4-5-6-7-13-29-17-20-15-19(3)23(16-20)28-12-11-18(2)14-21-9-8-10-22(25-21)24(26)27;1-2-3-4;1-2(3)4;1-2/h8-10,18-20,23H,4-7,11-17H2,1-3H3,(H,26,27);4H,2-3H2,1H3;1H3,(H,3,4);1-2H3. The second-order valence-corrected chi connectivity index (χ2v) is 11.2. The lowest BCUT2D eigenvalue weighted by atomic mass is 10.0. The molecule has 1 saturated carbocycles. The summed E-state index contributed by atoms with van der Waals surface area (Å²) in [5.74, 6) is 2.70. The number of ether oxygens (including phenoxy) is 1. The first kappa shape index (κ1) is 39.5. The second kappa shape index (κ2) is 26.6. The Kier molecular flexibility index (Phi) is 26.9. The fraction of sp³-hybridized carbons (Fsp3) is 0.774. The molecule has 2 rings (SSSR count). The molecule has 0 bridgehead atoms. The van der Waals surface area contributed by atoms with Crippen molar-refractivity contribution in [3.05, 3.63) is 29.6 Å². The number of hydrogen-bond acceptors (Lipinski definition) is 6. The van der Waals surface area contributed by atoms with Crippen LogP contribution in [0.25, 0.3) is 0 Å². The number of unbranched alkanes of at least 4 members (excludes halogenated alkanes) is 3.